The van der Waals surface area contributed by atoms with Crippen LogP contribution in [0, 0.1) is 0 Å². The number of hydrogen-bond acceptors (Lipinski definition) is 1. The molecule has 0 aromatic rings. The second kappa shape index (κ2) is 6.25. The molecule has 0 saturated heterocycles. The average Bonchev–Trinajstić information content (AvgIpc) is 2.16. The van der Waals surface area contributed by atoms with Crippen LogP contribution < -0.4 is 0 Å². The molecule has 0 saturated carbocycles. The molecular weight excluding hydrogens is 170 g/mol. The Balaban J connectivity index is 5.04. The van der Waals surface area contributed by atoms with Crippen molar-refractivity contribution in [2.24, 2.45) is 0 Å². The first-order chi connectivity index (χ1) is 6.52. The first-order valence-electron chi connectivity index (χ1n) is 4.84. The van der Waals surface area contributed by atoms with Crippen molar-refractivity contribution in [3.05, 3.63) is 47.7 Å². The summed E-state index contributed by atoms with van der Waals surface area (Å²) in [5, 5.41) is 0. The summed E-state index contributed by atoms with van der Waals surface area (Å²) >= 11 is 0. The molecule has 0 aromatic heterocycles. The summed E-state index contributed by atoms with van der Waals surface area (Å²) in [4.78, 5) is 2.03. The van der Waals surface area contributed by atoms with E-state index >= 15 is 0 Å². The van der Waals surface area contributed by atoms with E-state index in [1.165, 1.54) is 16.7 Å². The monoisotopic (exact) mass is 191 g/mol. The van der Waals surface area contributed by atoms with Gasteiger partial charge in [0, 0.05) is 14.1 Å². The fraction of sp³-hybridized carbons (Fsp3) is 0.385. The van der Waals surface area contributed by atoms with E-state index in [4.69, 9.17) is 0 Å². The van der Waals surface area contributed by atoms with Crippen LogP contribution in [0.1, 0.15) is 20.8 Å². The predicted molar refractivity (Wildman–Crippen MR) is 65.2 cm³/mol. The van der Waals surface area contributed by atoms with Crippen molar-refractivity contribution in [3.8, 4) is 0 Å². The quantitative estimate of drug-likeness (QED) is 0.614. The molecule has 1 heteroatoms. The summed E-state index contributed by atoms with van der Waals surface area (Å²) in [7, 11) is 4.03. The van der Waals surface area contributed by atoms with Crippen LogP contribution in [0.3, 0.4) is 0 Å². The van der Waals surface area contributed by atoms with E-state index in [0.29, 0.717) is 0 Å². The topological polar surface area (TPSA) is 3.24 Å². The minimum Gasteiger partial charge on any atom is -0.383 e. The van der Waals surface area contributed by atoms with Crippen LogP contribution in [0.15, 0.2) is 47.7 Å². The Bertz CT molecular complexity index is 278. The van der Waals surface area contributed by atoms with E-state index < -0.39 is 0 Å². The highest BCUT2D eigenvalue weighted by atomic mass is 15.0. The summed E-state index contributed by atoms with van der Waals surface area (Å²) in [5.41, 5.74) is 3.73. The maximum atomic E-state index is 3.79. The van der Waals surface area contributed by atoms with Crippen molar-refractivity contribution in [2.45, 2.75) is 20.8 Å². The Hall–Kier alpha value is -1.24. The van der Waals surface area contributed by atoms with Crippen molar-refractivity contribution in [3.63, 3.8) is 0 Å². The smallest absolute Gasteiger partial charge is 0.00556 e. The molecular formula is C13H21N. The zero-order chi connectivity index (χ0) is 11.1. The molecule has 0 aliphatic carbocycles. The van der Waals surface area contributed by atoms with Gasteiger partial charge in [-0.05, 0) is 49.8 Å². The van der Waals surface area contributed by atoms with Crippen LogP contribution in [0.25, 0.3) is 0 Å². The van der Waals surface area contributed by atoms with E-state index in [-0.39, 0.29) is 0 Å². The van der Waals surface area contributed by atoms with Crippen molar-refractivity contribution in [1.29, 1.82) is 0 Å². The van der Waals surface area contributed by atoms with Gasteiger partial charge in [0.05, 0.1) is 0 Å². The van der Waals surface area contributed by atoms with E-state index in [1.807, 2.05) is 25.1 Å². The Morgan fingerprint density at radius 3 is 2.14 bits per heavy atom. The van der Waals surface area contributed by atoms with Gasteiger partial charge in [0.25, 0.3) is 0 Å². The van der Waals surface area contributed by atoms with Gasteiger partial charge in [0.2, 0.25) is 0 Å². The van der Waals surface area contributed by atoms with Crippen LogP contribution >= 0.6 is 0 Å². The molecule has 0 spiro atoms. The van der Waals surface area contributed by atoms with Gasteiger partial charge in [-0.1, -0.05) is 18.7 Å². The molecule has 0 atom stereocenters. The lowest BCUT2D eigenvalue weighted by atomic mass is 10.0. The lowest BCUT2D eigenvalue weighted by molar-refractivity contribution is 0.563. The first kappa shape index (κ1) is 12.8. The second-order valence-electron chi connectivity index (χ2n) is 3.55. The molecule has 0 fully saturated rings. The van der Waals surface area contributed by atoms with Gasteiger partial charge in [-0.25, -0.2) is 0 Å². The van der Waals surface area contributed by atoms with Gasteiger partial charge in [-0.2, -0.15) is 0 Å². The molecule has 0 aliphatic heterocycles. The molecule has 78 valence electrons. The standard InChI is InChI=1S/C13H21N/c1-7-11(3)13(12(4)8-2)9-10-14(5)6/h7-10H,1H2,2-6H3/b10-9-,12-8-,13-11-. The highest BCUT2D eigenvalue weighted by Crippen LogP contribution is 2.16. The summed E-state index contributed by atoms with van der Waals surface area (Å²) in [6.45, 7) is 10.0. The Kier molecular flexibility index (Phi) is 5.70. The van der Waals surface area contributed by atoms with Crippen LogP contribution in [-0.4, -0.2) is 19.0 Å². The van der Waals surface area contributed by atoms with Gasteiger partial charge in [0.15, 0.2) is 0 Å². The van der Waals surface area contributed by atoms with Gasteiger partial charge in [0.1, 0.15) is 0 Å². The summed E-state index contributed by atoms with van der Waals surface area (Å²) in [6, 6.07) is 0. The molecule has 1 nitrogen and oxygen atoms in total. The SMILES string of the molecule is C=C/C(C)=C(/C=C\N(C)C)C(\C)=C/C. The largest absolute Gasteiger partial charge is 0.383 e. The van der Waals surface area contributed by atoms with Gasteiger partial charge in [-0.15, -0.1) is 0 Å². The zero-order valence-electron chi connectivity index (χ0n) is 9.96. The second-order valence-corrected chi connectivity index (χ2v) is 3.55. The van der Waals surface area contributed by atoms with Gasteiger partial charge < -0.3 is 4.90 Å². The number of allylic oxidation sites excluding steroid dienone is 6. The summed E-state index contributed by atoms with van der Waals surface area (Å²) < 4.78 is 0. The third kappa shape index (κ3) is 4.13. The molecule has 0 amide bonds. The highest BCUT2D eigenvalue weighted by molar-refractivity contribution is 5.44. The third-order valence-electron chi connectivity index (χ3n) is 2.13. The fourth-order valence-corrected chi connectivity index (χ4v) is 1.06. The average molecular weight is 191 g/mol. The summed E-state index contributed by atoms with van der Waals surface area (Å²) in [6.07, 6.45) is 8.17. The zero-order valence-corrected chi connectivity index (χ0v) is 9.96. The molecule has 0 heterocycles. The number of rotatable bonds is 4. The van der Waals surface area contributed by atoms with Crippen LogP contribution in [-0.2, 0) is 0 Å². The third-order valence-corrected chi connectivity index (χ3v) is 2.13. The Labute approximate surface area is 88.1 Å². The fourth-order valence-electron chi connectivity index (χ4n) is 1.06. The minimum absolute atomic E-state index is 1.21. The Morgan fingerprint density at radius 1 is 1.21 bits per heavy atom. The predicted octanol–water partition coefficient (Wildman–Crippen LogP) is 3.53. The van der Waals surface area contributed by atoms with Crippen LogP contribution in [0.4, 0.5) is 0 Å². The first-order valence-corrected chi connectivity index (χ1v) is 4.84. The molecule has 0 N–H and O–H groups in total. The molecule has 0 bridgehead atoms. The van der Waals surface area contributed by atoms with Crippen molar-refractivity contribution in [2.75, 3.05) is 14.1 Å². The maximum absolute atomic E-state index is 3.79. The highest BCUT2D eigenvalue weighted by Gasteiger charge is 1.97. The minimum atomic E-state index is 1.21. The molecule has 0 rings (SSSR count). The molecule has 0 unspecified atom stereocenters. The molecule has 0 aliphatic rings. The van der Waals surface area contributed by atoms with Crippen LogP contribution in [0.2, 0.25) is 0 Å². The number of nitrogens with zero attached hydrogens (tertiary/aromatic N) is 1. The lowest BCUT2D eigenvalue weighted by Crippen LogP contribution is -2.00. The van der Waals surface area contributed by atoms with Crippen molar-refractivity contribution in [1.82, 2.24) is 4.90 Å². The van der Waals surface area contributed by atoms with Gasteiger partial charge in [-0.3, -0.25) is 0 Å². The molecule has 14 heavy (non-hydrogen) atoms. The summed E-state index contributed by atoms with van der Waals surface area (Å²) in [5.74, 6) is 0. The lowest BCUT2D eigenvalue weighted by Gasteiger charge is -2.08. The maximum Gasteiger partial charge on any atom is 0.00556 e. The Morgan fingerprint density at radius 2 is 1.79 bits per heavy atom. The van der Waals surface area contributed by atoms with E-state index in [2.05, 4.69) is 45.7 Å². The number of hydrogen-bond donors (Lipinski definition) is 0. The molecule has 0 aromatic carbocycles. The molecule has 0 radical (unpaired) electrons. The normalized spacial score (nSPS) is 14.2. The van der Waals surface area contributed by atoms with E-state index in [0.717, 1.165) is 0 Å². The van der Waals surface area contributed by atoms with Crippen molar-refractivity contribution >= 4 is 0 Å². The van der Waals surface area contributed by atoms with E-state index in [9.17, 15) is 0 Å². The van der Waals surface area contributed by atoms with Crippen molar-refractivity contribution < 1.29 is 0 Å². The van der Waals surface area contributed by atoms with E-state index in [1.54, 1.807) is 0 Å². The van der Waals surface area contributed by atoms with Gasteiger partial charge >= 0.3 is 0 Å². The van der Waals surface area contributed by atoms with Crippen LogP contribution in [0.5, 0.6) is 0 Å².